The van der Waals surface area contributed by atoms with E-state index in [-0.39, 0.29) is 49.7 Å². The molecular weight excluding hydrogens is 334 g/mol. The summed E-state index contributed by atoms with van der Waals surface area (Å²) in [7, 11) is 0. The summed E-state index contributed by atoms with van der Waals surface area (Å²) < 4.78 is 21.5. The smallest absolute Gasteiger partial charge is 0.329 e. The van der Waals surface area contributed by atoms with E-state index in [0.717, 1.165) is 0 Å². The monoisotopic (exact) mass is 361 g/mol. The van der Waals surface area contributed by atoms with Crippen molar-refractivity contribution >= 4 is 17.8 Å². The summed E-state index contributed by atoms with van der Waals surface area (Å²) in [5.41, 5.74) is 0. The minimum absolute atomic E-state index is 0.0168. The minimum Gasteiger partial charge on any atom is -0.480 e. The number of hydrogen-bond acceptors (Lipinski definition) is 7. The fraction of sp³-hybridized carbons (Fsp3) is 0.812. The van der Waals surface area contributed by atoms with Gasteiger partial charge in [-0.1, -0.05) is 13.8 Å². The molecule has 0 unspecified atom stereocenters. The molecule has 9 heteroatoms. The van der Waals surface area contributed by atoms with Gasteiger partial charge in [0.05, 0.1) is 25.4 Å². The Kier molecular flexibility index (Phi) is 8.81. The van der Waals surface area contributed by atoms with Gasteiger partial charge < -0.3 is 29.4 Å². The standard InChI is InChI=1S/C16H27NO8/c1-9-10(2)15(17-11(3)18)16(23-6-5-22-8-14(20)21)25-13(9)7-24-12(4)19/h9-10,13,15-16H,5-8H2,1-4H3,(H,17,18)(H,20,21)/t9-,10+,13-,15-,16-/m1/s1. The predicted octanol–water partition coefficient (Wildman–Crippen LogP) is 0.169. The van der Waals surface area contributed by atoms with Crippen molar-refractivity contribution in [3.05, 3.63) is 0 Å². The highest BCUT2D eigenvalue weighted by molar-refractivity contribution is 5.73. The molecule has 0 radical (unpaired) electrons. The lowest BCUT2D eigenvalue weighted by molar-refractivity contribution is -0.246. The summed E-state index contributed by atoms with van der Waals surface area (Å²) in [6.07, 6.45) is -1.11. The van der Waals surface area contributed by atoms with Gasteiger partial charge in [0.1, 0.15) is 13.2 Å². The quantitative estimate of drug-likeness (QED) is 0.440. The first kappa shape index (κ1) is 21.3. The minimum atomic E-state index is -1.06. The van der Waals surface area contributed by atoms with Crippen molar-refractivity contribution in [3.63, 3.8) is 0 Å². The van der Waals surface area contributed by atoms with Gasteiger partial charge in [-0.15, -0.1) is 0 Å². The number of esters is 1. The molecular formula is C16H27NO8. The molecule has 1 fully saturated rings. The number of ether oxygens (including phenoxy) is 4. The van der Waals surface area contributed by atoms with Crippen LogP contribution < -0.4 is 5.32 Å². The van der Waals surface area contributed by atoms with Crippen molar-refractivity contribution in [2.45, 2.75) is 46.1 Å². The molecule has 1 aliphatic rings. The Labute approximate surface area is 146 Å². The summed E-state index contributed by atoms with van der Waals surface area (Å²) in [5.74, 6) is -1.62. The van der Waals surface area contributed by atoms with Crippen LogP contribution in [0.2, 0.25) is 0 Å². The van der Waals surface area contributed by atoms with Gasteiger partial charge in [-0.2, -0.15) is 0 Å². The topological polar surface area (TPSA) is 120 Å². The van der Waals surface area contributed by atoms with Crippen LogP contribution in [0.4, 0.5) is 0 Å². The van der Waals surface area contributed by atoms with E-state index in [1.54, 1.807) is 0 Å². The maximum Gasteiger partial charge on any atom is 0.329 e. The lowest BCUT2D eigenvalue weighted by Gasteiger charge is -2.44. The molecule has 25 heavy (non-hydrogen) atoms. The molecule has 0 aromatic carbocycles. The average Bonchev–Trinajstić information content (AvgIpc) is 2.51. The number of carbonyl (C=O) groups excluding carboxylic acids is 2. The summed E-state index contributed by atoms with van der Waals surface area (Å²) in [4.78, 5) is 32.9. The van der Waals surface area contributed by atoms with Crippen LogP contribution in [0.5, 0.6) is 0 Å². The molecule has 2 N–H and O–H groups in total. The first-order valence-electron chi connectivity index (χ1n) is 8.19. The van der Waals surface area contributed by atoms with Crippen LogP contribution in [0.3, 0.4) is 0 Å². The van der Waals surface area contributed by atoms with Gasteiger partial charge in [-0.25, -0.2) is 4.79 Å². The maximum atomic E-state index is 11.5. The van der Waals surface area contributed by atoms with Crippen LogP contribution >= 0.6 is 0 Å². The SMILES string of the molecule is CC(=O)N[C@H]1[C@H](OCCOCC(=O)O)O[C@H](COC(C)=O)[C@H](C)[C@@H]1C. The molecule has 1 heterocycles. The number of nitrogens with one attached hydrogen (secondary N) is 1. The first-order valence-corrected chi connectivity index (χ1v) is 8.19. The Morgan fingerprint density at radius 1 is 1.12 bits per heavy atom. The molecule has 0 spiro atoms. The number of rotatable bonds is 9. The molecule has 144 valence electrons. The predicted molar refractivity (Wildman–Crippen MR) is 85.6 cm³/mol. The number of carbonyl (C=O) groups is 3. The van der Waals surface area contributed by atoms with Crippen molar-refractivity contribution < 1.29 is 38.4 Å². The summed E-state index contributed by atoms with van der Waals surface area (Å²) in [6.45, 7) is 6.54. The Balaban J connectivity index is 2.66. The Bertz CT molecular complexity index is 467. The van der Waals surface area contributed by atoms with Crippen LogP contribution in [0.15, 0.2) is 0 Å². The zero-order chi connectivity index (χ0) is 19.0. The molecule has 1 saturated heterocycles. The average molecular weight is 361 g/mol. The van der Waals surface area contributed by atoms with Gasteiger partial charge >= 0.3 is 11.9 Å². The lowest BCUT2D eigenvalue weighted by atomic mass is 9.82. The van der Waals surface area contributed by atoms with E-state index in [2.05, 4.69) is 5.32 Å². The largest absolute Gasteiger partial charge is 0.480 e. The van der Waals surface area contributed by atoms with E-state index in [0.29, 0.717) is 0 Å². The van der Waals surface area contributed by atoms with Crippen LogP contribution in [0.25, 0.3) is 0 Å². The number of amides is 1. The molecule has 5 atom stereocenters. The van der Waals surface area contributed by atoms with Crippen LogP contribution in [0.1, 0.15) is 27.7 Å². The highest BCUT2D eigenvalue weighted by Crippen LogP contribution is 2.31. The van der Waals surface area contributed by atoms with Gasteiger partial charge in [-0.3, -0.25) is 9.59 Å². The van der Waals surface area contributed by atoms with Gasteiger partial charge in [-0.05, 0) is 11.8 Å². The van der Waals surface area contributed by atoms with Gasteiger partial charge in [0.25, 0.3) is 0 Å². The van der Waals surface area contributed by atoms with Crippen molar-refractivity contribution in [2.24, 2.45) is 11.8 Å². The number of hydrogen-bond donors (Lipinski definition) is 2. The summed E-state index contributed by atoms with van der Waals surface area (Å²) in [5, 5.41) is 11.4. The molecule has 0 saturated carbocycles. The fourth-order valence-electron chi connectivity index (χ4n) is 2.64. The van der Waals surface area contributed by atoms with E-state index < -0.39 is 24.8 Å². The highest BCUT2D eigenvalue weighted by atomic mass is 16.7. The Morgan fingerprint density at radius 3 is 2.36 bits per heavy atom. The molecule has 0 aromatic heterocycles. The first-order chi connectivity index (χ1) is 11.7. The maximum absolute atomic E-state index is 11.5. The van der Waals surface area contributed by atoms with Crippen molar-refractivity contribution in [1.82, 2.24) is 5.32 Å². The van der Waals surface area contributed by atoms with E-state index in [4.69, 9.17) is 24.1 Å². The number of carboxylic acids is 1. The Hall–Kier alpha value is -1.71. The third-order valence-electron chi connectivity index (χ3n) is 4.14. The molecule has 0 aliphatic carbocycles. The second-order valence-corrected chi connectivity index (χ2v) is 6.11. The van der Waals surface area contributed by atoms with E-state index in [1.165, 1.54) is 13.8 Å². The highest BCUT2D eigenvalue weighted by Gasteiger charge is 2.42. The molecule has 0 aromatic rings. The zero-order valence-corrected chi connectivity index (χ0v) is 15.0. The molecule has 1 aliphatic heterocycles. The summed E-state index contributed by atoms with van der Waals surface area (Å²) in [6, 6.07) is -0.374. The third-order valence-corrected chi connectivity index (χ3v) is 4.14. The number of carboxylic acid groups (broad SMARTS) is 1. The molecule has 9 nitrogen and oxygen atoms in total. The van der Waals surface area contributed by atoms with E-state index >= 15 is 0 Å². The third kappa shape index (κ3) is 7.37. The lowest BCUT2D eigenvalue weighted by Crippen LogP contribution is -2.58. The molecule has 1 rings (SSSR count). The van der Waals surface area contributed by atoms with Crippen molar-refractivity contribution in [1.29, 1.82) is 0 Å². The second kappa shape index (κ2) is 10.3. The Morgan fingerprint density at radius 2 is 1.80 bits per heavy atom. The zero-order valence-electron chi connectivity index (χ0n) is 15.0. The van der Waals surface area contributed by atoms with E-state index in [1.807, 2.05) is 13.8 Å². The summed E-state index contributed by atoms with van der Waals surface area (Å²) >= 11 is 0. The molecule has 0 bridgehead atoms. The van der Waals surface area contributed by atoms with Gasteiger partial charge in [0.2, 0.25) is 5.91 Å². The second-order valence-electron chi connectivity index (χ2n) is 6.11. The van der Waals surface area contributed by atoms with Gasteiger partial charge in [0.15, 0.2) is 6.29 Å². The van der Waals surface area contributed by atoms with Crippen LogP contribution in [0, 0.1) is 11.8 Å². The van der Waals surface area contributed by atoms with Crippen LogP contribution in [-0.2, 0) is 33.3 Å². The van der Waals surface area contributed by atoms with Crippen molar-refractivity contribution in [3.8, 4) is 0 Å². The van der Waals surface area contributed by atoms with E-state index in [9.17, 15) is 14.4 Å². The number of aliphatic carboxylic acids is 1. The van der Waals surface area contributed by atoms with Crippen LogP contribution in [-0.4, -0.2) is 67.8 Å². The normalized spacial score (nSPS) is 29.0. The fourth-order valence-corrected chi connectivity index (χ4v) is 2.64. The van der Waals surface area contributed by atoms with Gasteiger partial charge in [0, 0.05) is 13.8 Å². The van der Waals surface area contributed by atoms with Crippen molar-refractivity contribution in [2.75, 3.05) is 26.4 Å². The molecule has 1 amide bonds.